The first-order valence-electron chi connectivity index (χ1n) is 4.39. The average Bonchev–Trinajstić information content (AvgIpc) is 2.51. The molecule has 1 rings (SSSR count). The molecule has 14 heavy (non-hydrogen) atoms. The van der Waals surface area contributed by atoms with Gasteiger partial charge in [0.05, 0.1) is 5.38 Å². The number of alkyl halides is 1. The van der Waals surface area contributed by atoms with E-state index < -0.39 is 0 Å². The van der Waals surface area contributed by atoms with E-state index in [-0.39, 0.29) is 23.0 Å². The largest absolute Gasteiger partial charge is 0.361 e. The van der Waals surface area contributed by atoms with Crippen molar-refractivity contribution in [1.82, 2.24) is 10.5 Å². The highest BCUT2D eigenvalue weighted by atomic mass is 35.5. The molecule has 0 aromatic carbocycles. The van der Waals surface area contributed by atoms with Crippen molar-refractivity contribution in [3.8, 4) is 0 Å². The van der Waals surface area contributed by atoms with Crippen molar-refractivity contribution in [2.75, 3.05) is 0 Å². The highest BCUT2D eigenvalue weighted by Crippen LogP contribution is 2.04. The lowest BCUT2D eigenvalue weighted by Gasteiger charge is -2.14. The van der Waals surface area contributed by atoms with Crippen LogP contribution in [0, 0.1) is 6.92 Å². The number of amides is 1. The molecular formula is C9H13ClN2O2. The van der Waals surface area contributed by atoms with Crippen LogP contribution >= 0.6 is 11.6 Å². The summed E-state index contributed by atoms with van der Waals surface area (Å²) in [6, 6.07) is 1.49. The van der Waals surface area contributed by atoms with Gasteiger partial charge in [-0.1, -0.05) is 5.16 Å². The van der Waals surface area contributed by atoms with Gasteiger partial charge in [0.15, 0.2) is 5.69 Å². The molecule has 1 N–H and O–H groups in total. The molecule has 2 unspecified atom stereocenters. The van der Waals surface area contributed by atoms with Crippen LogP contribution in [0.2, 0.25) is 0 Å². The molecule has 1 aromatic rings. The van der Waals surface area contributed by atoms with Crippen LogP contribution in [-0.4, -0.2) is 22.5 Å². The van der Waals surface area contributed by atoms with Gasteiger partial charge in [0.1, 0.15) is 5.76 Å². The molecule has 0 aliphatic rings. The summed E-state index contributed by atoms with van der Waals surface area (Å²) in [4.78, 5) is 11.5. The Morgan fingerprint density at radius 3 is 2.71 bits per heavy atom. The second-order valence-corrected chi connectivity index (χ2v) is 3.95. The number of rotatable bonds is 3. The van der Waals surface area contributed by atoms with Gasteiger partial charge in [-0.3, -0.25) is 4.79 Å². The van der Waals surface area contributed by atoms with Crippen molar-refractivity contribution in [3.63, 3.8) is 0 Å². The SMILES string of the molecule is Cc1cc(C(=O)NC(C)C(C)Cl)no1. The Morgan fingerprint density at radius 2 is 2.29 bits per heavy atom. The number of nitrogens with zero attached hydrogens (tertiary/aromatic N) is 1. The normalized spacial score (nSPS) is 14.9. The lowest BCUT2D eigenvalue weighted by Crippen LogP contribution is -2.37. The Hall–Kier alpha value is -1.03. The van der Waals surface area contributed by atoms with Crippen LogP contribution in [0.1, 0.15) is 30.1 Å². The Morgan fingerprint density at radius 1 is 1.64 bits per heavy atom. The van der Waals surface area contributed by atoms with Crippen molar-refractivity contribution in [3.05, 3.63) is 17.5 Å². The molecule has 2 atom stereocenters. The summed E-state index contributed by atoms with van der Waals surface area (Å²) in [5.74, 6) is 0.351. The molecule has 4 nitrogen and oxygen atoms in total. The Bertz CT molecular complexity index is 322. The number of nitrogens with one attached hydrogen (secondary N) is 1. The van der Waals surface area contributed by atoms with E-state index in [1.54, 1.807) is 13.0 Å². The maximum Gasteiger partial charge on any atom is 0.273 e. The Balaban J connectivity index is 2.59. The lowest BCUT2D eigenvalue weighted by molar-refractivity contribution is 0.0930. The van der Waals surface area contributed by atoms with Crippen LogP contribution in [0.5, 0.6) is 0 Å². The molecule has 0 radical (unpaired) electrons. The van der Waals surface area contributed by atoms with Crippen LogP contribution in [0.4, 0.5) is 0 Å². The molecule has 1 aromatic heterocycles. The summed E-state index contributed by atoms with van der Waals surface area (Å²) < 4.78 is 4.78. The molecule has 78 valence electrons. The smallest absolute Gasteiger partial charge is 0.273 e. The highest BCUT2D eigenvalue weighted by Gasteiger charge is 2.16. The first-order valence-corrected chi connectivity index (χ1v) is 4.82. The number of hydrogen-bond acceptors (Lipinski definition) is 3. The third-order valence-corrected chi connectivity index (χ3v) is 2.29. The lowest BCUT2D eigenvalue weighted by atomic mass is 10.2. The summed E-state index contributed by atoms with van der Waals surface area (Å²) in [5.41, 5.74) is 0.284. The zero-order valence-electron chi connectivity index (χ0n) is 8.37. The minimum atomic E-state index is -0.262. The quantitative estimate of drug-likeness (QED) is 0.783. The Labute approximate surface area is 87.6 Å². The third-order valence-electron chi connectivity index (χ3n) is 1.91. The van der Waals surface area contributed by atoms with E-state index in [9.17, 15) is 4.79 Å². The summed E-state index contributed by atoms with van der Waals surface area (Å²) in [6.45, 7) is 5.39. The molecule has 0 saturated carbocycles. The fraction of sp³-hybridized carbons (Fsp3) is 0.556. The zero-order chi connectivity index (χ0) is 10.7. The molecule has 5 heteroatoms. The van der Waals surface area contributed by atoms with Gasteiger partial charge in [-0.2, -0.15) is 0 Å². The van der Waals surface area contributed by atoms with Crippen LogP contribution in [0.15, 0.2) is 10.6 Å². The number of carbonyl (C=O) groups is 1. The number of hydrogen-bond donors (Lipinski definition) is 1. The van der Waals surface area contributed by atoms with E-state index in [0.717, 1.165) is 0 Å². The predicted molar refractivity (Wildman–Crippen MR) is 53.5 cm³/mol. The van der Waals surface area contributed by atoms with Gasteiger partial charge in [-0.25, -0.2) is 0 Å². The first kappa shape index (κ1) is 11.0. The van der Waals surface area contributed by atoms with Crippen LogP contribution in [-0.2, 0) is 0 Å². The second kappa shape index (κ2) is 4.46. The van der Waals surface area contributed by atoms with Gasteiger partial charge in [0.2, 0.25) is 0 Å². The van der Waals surface area contributed by atoms with Crippen LogP contribution < -0.4 is 5.32 Å². The standard InChI is InChI=1S/C9H13ClN2O2/c1-5-4-8(12-14-5)9(13)11-7(3)6(2)10/h4,6-7H,1-3H3,(H,11,13). The van der Waals surface area contributed by atoms with E-state index in [2.05, 4.69) is 10.5 Å². The number of aryl methyl sites for hydroxylation is 1. The summed E-state index contributed by atoms with van der Waals surface area (Å²) in [5, 5.41) is 6.19. The van der Waals surface area contributed by atoms with Gasteiger partial charge < -0.3 is 9.84 Å². The fourth-order valence-electron chi connectivity index (χ4n) is 0.869. The van der Waals surface area contributed by atoms with E-state index in [1.807, 2.05) is 13.8 Å². The fourth-order valence-corrected chi connectivity index (χ4v) is 0.932. The van der Waals surface area contributed by atoms with Gasteiger partial charge in [-0.15, -0.1) is 11.6 Å². The monoisotopic (exact) mass is 216 g/mol. The first-order chi connectivity index (χ1) is 6.50. The molecule has 0 aliphatic heterocycles. The number of halogens is 1. The highest BCUT2D eigenvalue weighted by molar-refractivity contribution is 6.21. The van der Waals surface area contributed by atoms with Crippen molar-refractivity contribution >= 4 is 17.5 Å². The molecular weight excluding hydrogens is 204 g/mol. The molecule has 0 bridgehead atoms. The number of aromatic nitrogens is 1. The zero-order valence-corrected chi connectivity index (χ0v) is 9.13. The molecule has 0 saturated heterocycles. The molecule has 1 heterocycles. The minimum absolute atomic E-state index is 0.0961. The summed E-state index contributed by atoms with van der Waals surface area (Å²) >= 11 is 5.81. The van der Waals surface area contributed by atoms with Gasteiger partial charge in [-0.05, 0) is 20.8 Å². The van der Waals surface area contributed by atoms with E-state index in [4.69, 9.17) is 16.1 Å². The maximum atomic E-state index is 11.5. The van der Waals surface area contributed by atoms with Crippen molar-refractivity contribution in [2.24, 2.45) is 0 Å². The minimum Gasteiger partial charge on any atom is -0.361 e. The topological polar surface area (TPSA) is 55.1 Å². The third kappa shape index (κ3) is 2.73. The molecule has 0 fully saturated rings. The Kier molecular flexibility index (Phi) is 3.52. The van der Waals surface area contributed by atoms with Gasteiger partial charge in [0.25, 0.3) is 5.91 Å². The van der Waals surface area contributed by atoms with Gasteiger partial charge >= 0.3 is 0 Å². The van der Waals surface area contributed by atoms with Crippen LogP contribution in [0.3, 0.4) is 0 Å². The maximum absolute atomic E-state index is 11.5. The van der Waals surface area contributed by atoms with Crippen molar-refractivity contribution in [1.29, 1.82) is 0 Å². The second-order valence-electron chi connectivity index (χ2n) is 3.26. The molecule has 0 spiro atoms. The van der Waals surface area contributed by atoms with E-state index in [0.29, 0.717) is 5.76 Å². The van der Waals surface area contributed by atoms with Gasteiger partial charge in [0, 0.05) is 12.1 Å². The predicted octanol–water partition coefficient (Wildman–Crippen LogP) is 1.73. The van der Waals surface area contributed by atoms with Crippen molar-refractivity contribution < 1.29 is 9.32 Å². The molecule has 0 aliphatic carbocycles. The summed E-state index contributed by atoms with van der Waals surface area (Å²) in [7, 11) is 0. The van der Waals surface area contributed by atoms with Crippen molar-refractivity contribution in [2.45, 2.75) is 32.2 Å². The average molecular weight is 217 g/mol. The summed E-state index contributed by atoms with van der Waals surface area (Å²) in [6.07, 6.45) is 0. The van der Waals surface area contributed by atoms with E-state index >= 15 is 0 Å². The van der Waals surface area contributed by atoms with E-state index in [1.165, 1.54) is 0 Å². The van der Waals surface area contributed by atoms with Crippen LogP contribution in [0.25, 0.3) is 0 Å². The molecule has 1 amide bonds. The number of carbonyl (C=O) groups excluding carboxylic acids is 1.